The molecule has 2 aromatic rings. The second kappa shape index (κ2) is 3.75. The van der Waals surface area contributed by atoms with E-state index >= 15 is 0 Å². The molecule has 0 aliphatic rings. The molecule has 0 radical (unpaired) electrons. The van der Waals surface area contributed by atoms with E-state index in [2.05, 4.69) is 20.9 Å². The first-order valence-electron chi connectivity index (χ1n) is 4.09. The molecule has 1 aromatic carbocycles. The smallest absolute Gasteiger partial charge is 0.175 e. The van der Waals surface area contributed by atoms with Gasteiger partial charge in [-0.25, -0.2) is 0 Å². The second-order valence-electron chi connectivity index (χ2n) is 2.92. The molecule has 72 valence electrons. The SMILES string of the molecule is O=C(CBr)c1c[nH]c2c(Cl)cccc12. The Morgan fingerprint density at radius 3 is 3.00 bits per heavy atom. The lowest BCUT2D eigenvalue weighted by atomic mass is 10.1. The molecule has 1 aromatic heterocycles. The molecule has 14 heavy (non-hydrogen) atoms. The normalized spacial score (nSPS) is 10.7. The highest BCUT2D eigenvalue weighted by Crippen LogP contribution is 2.25. The Morgan fingerprint density at radius 1 is 1.50 bits per heavy atom. The van der Waals surface area contributed by atoms with Crippen molar-refractivity contribution < 1.29 is 4.79 Å². The Labute approximate surface area is 94.4 Å². The molecular weight excluding hydrogens is 265 g/mol. The number of Topliss-reactive ketones (excluding diaryl/α,β-unsaturated/α-hetero) is 1. The zero-order valence-corrected chi connectivity index (χ0v) is 9.52. The summed E-state index contributed by atoms with van der Waals surface area (Å²) in [5.41, 5.74) is 1.50. The molecule has 0 aliphatic carbocycles. The first-order valence-corrected chi connectivity index (χ1v) is 5.58. The number of aromatic amines is 1. The standard InChI is InChI=1S/C10H7BrClNO/c11-4-9(14)7-5-13-10-6(7)2-1-3-8(10)12/h1-3,5,13H,4H2. The van der Waals surface area contributed by atoms with Crippen LogP contribution in [0.15, 0.2) is 24.4 Å². The number of rotatable bonds is 2. The number of para-hydroxylation sites is 1. The molecular formula is C10H7BrClNO. The van der Waals surface area contributed by atoms with Crippen molar-refractivity contribution in [1.29, 1.82) is 0 Å². The van der Waals surface area contributed by atoms with Crippen molar-refractivity contribution >= 4 is 44.2 Å². The molecule has 0 atom stereocenters. The van der Waals surface area contributed by atoms with Crippen LogP contribution in [0, 0.1) is 0 Å². The fourth-order valence-corrected chi connectivity index (χ4v) is 1.95. The van der Waals surface area contributed by atoms with Crippen molar-refractivity contribution in [2.45, 2.75) is 0 Å². The highest BCUT2D eigenvalue weighted by Gasteiger charge is 2.11. The average Bonchev–Trinajstić information content (AvgIpc) is 2.62. The third-order valence-corrected chi connectivity index (χ3v) is 2.91. The summed E-state index contributed by atoms with van der Waals surface area (Å²) in [6, 6.07) is 5.51. The minimum Gasteiger partial charge on any atom is -0.359 e. The van der Waals surface area contributed by atoms with Gasteiger partial charge in [0.25, 0.3) is 0 Å². The number of benzene rings is 1. The van der Waals surface area contributed by atoms with Crippen molar-refractivity contribution in [1.82, 2.24) is 4.98 Å². The Morgan fingerprint density at radius 2 is 2.29 bits per heavy atom. The van der Waals surface area contributed by atoms with E-state index in [1.54, 1.807) is 12.3 Å². The summed E-state index contributed by atoms with van der Waals surface area (Å²) in [4.78, 5) is 14.5. The van der Waals surface area contributed by atoms with Crippen molar-refractivity contribution in [3.05, 3.63) is 35.0 Å². The van der Waals surface area contributed by atoms with Crippen LogP contribution < -0.4 is 0 Å². The molecule has 2 rings (SSSR count). The lowest BCUT2D eigenvalue weighted by molar-refractivity contribution is 0.102. The molecule has 0 spiro atoms. The fraction of sp³-hybridized carbons (Fsp3) is 0.100. The minimum atomic E-state index is 0.0542. The van der Waals surface area contributed by atoms with Crippen molar-refractivity contribution in [3.63, 3.8) is 0 Å². The van der Waals surface area contributed by atoms with Crippen LogP contribution in [0.1, 0.15) is 10.4 Å². The van der Waals surface area contributed by atoms with E-state index in [0.29, 0.717) is 15.9 Å². The topological polar surface area (TPSA) is 32.9 Å². The highest BCUT2D eigenvalue weighted by molar-refractivity contribution is 9.09. The number of fused-ring (bicyclic) bond motifs is 1. The van der Waals surface area contributed by atoms with Crippen LogP contribution in [0.25, 0.3) is 10.9 Å². The Hall–Kier alpha value is -0.800. The maximum atomic E-state index is 11.5. The molecule has 0 fully saturated rings. The van der Waals surface area contributed by atoms with Crippen LogP contribution in [0.3, 0.4) is 0 Å². The van der Waals surface area contributed by atoms with Crippen molar-refractivity contribution in [2.75, 3.05) is 5.33 Å². The van der Waals surface area contributed by atoms with Gasteiger partial charge in [-0.05, 0) is 6.07 Å². The molecule has 0 bridgehead atoms. The summed E-state index contributed by atoms with van der Waals surface area (Å²) >= 11 is 9.11. The number of alkyl halides is 1. The second-order valence-corrected chi connectivity index (χ2v) is 3.89. The molecule has 2 nitrogen and oxygen atoms in total. The van der Waals surface area contributed by atoms with E-state index in [1.165, 1.54) is 0 Å². The van der Waals surface area contributed by atoms with Crippen molar-refractivity contribution in [2.24, 2.45) is 0 Å². The van der Waals surface area contributed by atoms with E-state index in [-0.39, 0.29) is 5.78 Å². The molecule has 1 heterocycles. The van der Waals surface area contributed by atoms with E-state index in [1.807, 2.05) is 12.1 Å². The number of H-pyrrole nitrogens is 1. The van der Waals surface area contributed by atoms with Gasteiger partial charge in [-0.3, -0.25) is 4.79 Å². The zero-order valence-electron chi connectivity index (χ0n) is 7.18. The number of aromatic nitrogens is 1. The quantitative estimate of drug-likeness (QED) is 0.659. The van der Waals surface area contributed by atoms with Gasteiger partial charge in [0.1, 0.15) is 0 Å². The Kier molecular flexibility index (Phi) is 2.61. The number of carbonyl (C=O) groups excluding carboxylic acids is 1. The molecule has 0 amide bonds. The minimum absolute atomic E-state index is 0.0542. The van der Waals surface area contributed by atoms with Gasteiger partial charge >= 0.3 is 0 Å². The number of hydrogen-bond donors (Lipinski definition) is 1. The number of ketones is 1. The Balaban J connectivity index is 2.70. The van der Waals surface area contributed by atoms with Gasteiger partial charge in [0.05, 0.1) is 15.9 Å². The monoisotopic (exact) mass is 271 g/mol. The van der Waals surface area contributed by atoms with Crippen LogP contribution in [-0.2, 0) is 0 Å². The molecule has 4 heteroatoms. The number of hydrogen-bond acceptors (Lipinski definition) is 1. The maximum Gasteiger partial charge on any atom is 0.175 e. The summed E-state index contributed by atoms with van der Waals surface area (Å²) in [5.74, 6) is 0.0542. The van der Waals surface area contributed by atoms with E-state index in [0.717, 1.165) is 10.9 Å². The van der Waals surface area contributed by atoms with Gasteiger partial charge in [-0.15, -0.1) is 0 Å². The van der Waals surface area contributed by atoms with Gasteiger partial charge in [0.2, 0.25) is 0 Å². The first kappa shape index (κ1) is 9.74. The number of carbonyl (C=O) groups is 1. The van der Waals surface area contributed by atoms with Crippen LogP contribution in [0.5, 0.6) is 0 Å². The van der Waals surface area contributed by atoms with E-state index < -0.39 is 0 Å². The maximum absolute atomic E-state index is 11.5. The van der Waals surface area contributed by atoms with E-state index in [9.17, 15) is 4.79 Å². The van der Waals surface area contributed by atoms with E-state index in [4.69, 9.17) is 11.6 Å². The first-order chi connectivity index (χ1) is 6.74. The number of halogens is 2. The third-order valence-electron chi connectivity index (χ3n) is 2.09. The lowest BCUT2D eigenvalue weighted by Gasteiger charge is -1.95. The summed E-state index contributed by atoms with van der Waals surface area (Å²) in [6.07, 6.45) is 1.69. The number of nitrogens with one attached hydrogen (secondary N) is 1. The summed E-state index contributed by atoms with van der Waals surface area (Å²) in [6.45, 7) is 0. The van der Waals surface area contributed by atoms with Crippen LogP contribution in [0.4, 0.5) is 0 Å². The van der Waals surface area contributed by atoms with Crippen LogP contribution in [0.2, 0.25) is 5.02 Å². The third kappa shape index (κ3) is 1.47. The van der Waals surface area contributed by atoms with Crippen LogP contribution in [-0.4, -0.2) is 16.1 Å². The predicted octanol–water partition coefficient (Wildman–Crippen LogP) is 3.40. The average molecular weight is 273 g/mol. The van der Waals surface area contributed by atoms with Gasteiger partial charge in [-0.1, -0.05) is 39.7 Å². The highest BCUT2D eigenvalue weighted by atomic mass is 79.9. The van der Waals surface area contributed by atoms with Crippen molar-refractivity contribution in [3.8, 4) is 0 Å². The summed E-state index contributed by atoms with van der Waals surface area (Å²) in [7, 11) is 0. The molecule has 0 saturated heterocycles. The predicted molar refractivity (Wildman–Crippen MR) is 61.4 cm³/mol. The fourth-order valence-electron chi connectivity index (χ4n) is 1.42. The van der Waals surface area contributed by atoms with Gasteiger partial charge < -0.3 is 4.98 Å². The Bertz CT molecular complexity index is 492. The van der Waals surface area contributed by atoms with Gasteiger partial charge in [0, 0.05) is 17.1 Å². The lowest BCUT2D eigenvalue weighted by Crippen LogP contribution is -1.97. The van der Waals surface area contributed by atoms with Crippen LogP contribution >= 0.6 is 27.5 Å². The molecule has 1 N–H and O–H groups in total. The molecule has 0 saturated carbocycles. The van der Waals surface area contributed by atoms with Gasteiger partial charge in [0.15, 0.2) is 5.78 Å². The molecule has 0 aliphatic heterocycles. The van der Waals surface area contributed by atoms with Gasteiger partial charge in [-0.2, -0.15) is 0 Å². The summed E-state index contributed by atoms with van der Waals surface area (Å²) < 4.78 is 0. The molecule has 0 unspecified atom stereocenters. The largest absolute Gasteiger partial charge is 0.359 e. The zero-order chi connectivity index (χ0) is 10.1. The summed E-state index contributed by atoms with van der Waals surface area (Å²) in [5, 5.41) is 1.84.